The van der Waals surface area contributed by atoms with Gasteiger partial charge in [0.15, 0.2) is 11.5 Å². The van der Waals surface area contributed by atoms with E-state index in [9.17, 15) is 10.2 Å². The summed E-state index contributed by atoms with van der Waals surface area (Å²) in [6.07, 6.45) is 0. The number of phenols is 2. The molecule has 0 aliphatic rings. The Kier molecular flexibility index (Phi) is 3.47. The summed E-state index contributed by atoms with van der Waals surface area (Å²) in [6, 6.07) is 2.87. The third-order valence-corrected chi connectivity index (χ3v) is 2.72. The minimum Gasteiger partial charge on any atom is -0.504 e. The quantitative estimate of drug-likeness (QED) is 0.697. The van der Waals surface area contributed by atoms with E-state index in [1.165, 1.54) is 12.1 Å². The van der Waals surface area contributed by atoms with Gasteiger partial charge < -0.3 is 15.5 Å². The minimum atomic E-state index is -0.197. The number of halogens is 1. The Morgan fingerprint density at radius 2 is 1.80 bits per heavy atom. The van der Waals surface area contributed by atoms with Crippen LogP contribution < -0.4 is 5.32 Å². The Balaban J connectivity index is 3.19. The van der Waals surface area contributed by atoms with Gasteiger partial charge in [-0.25, -0.2) is 0 Å². The van der Waals surface area contributed by atoms with Crippen LogP contribution in [0, 0.1) is 0 Å². The van der Waals surface area contributed by atoms with Crippen molar-refractivity contribution in [3.05, 3.63) is 22.7 Å². The first-order chi connectivity index (χ1) is 6.88. The van der Waals surface area contributed by atoms with E-state index in [0.717, 1.165) is 12.1 Å². The molecule has 0 fully saturated rings. The van der Waals surface area contributed by atoms with Crippen molar-refractivity contribution >= 4 is 11.6 Å². The SMILES string of the molecule is CNCC(C)(C)c1cc(O)c(O)cc1Cl. The van der Waals surface area contributed by atoms with E-state index in [0.29, 0.717) is 5.02 Å². The summed E-state index contributed by atoms with van der Waals surface area (Å²) in [4.78, 5) is 0. The maximum atomic E-state index is 9.43. The molecule has 0 saturated heterocycles. The molecule has 0 atom stereocenters. The lowest BCUT2D eigenvalue weighted by molar-refractivity contribution is 0.400. The average Bonchev–Trinajstić information content (AvgIpc) is 2.11. The topological polar surface area (TPSA) is 52.5 Å². The molecule has 3 nitrogen and oxygen atoms in total. The van der Waals surface area contributed by atoms with Gasteiger partial charge in [0.1, 0.15) is 0 Å². The molecule has 0 bridgehead atoms. The molecule has 1 aromatic rings. The van der Waals surface area contributed by atoms with Crippen molar-refractivity contribution in [3.8, 4) is 11.5 Å². The first kappa shape index (κ1) is 12.1. The molecule has 0 radical (unpaired) electrons. The van der Waals surface area contributed by atoms with Crippen molar-refractivity contribution in [2.24, 2.45) is 0 Å². The summed E-state index contributed by atoms with van der Waals surface area (Å²) in [6.45, 7) is 4.76. The van der Waals surface area contributed by atoms with Gasteiger partial charge in [-0.05, 0) is 18.7 Å². The monoisotopic (exact) mass is 229 g/mol. The predicted molar refractivity (Wildman–Crippen MR) is 61.7 cm³/mol. The second-order valence-corrected chi connectivity index (χ2v) is 4.64. The number of benzene rings is 1. The molecule has 15 heavy (non-hydrogen) atoms. The summed E-state index contributed by atoms with van der Waals surface area (Å²) in [5.41, 5.74) is 0.616. The van der Waals surface area contributed by atoms with E-state index < -0.39 is 0 Å². The third-order valence-electron chi connectivity index (χ3n) is 2.41. The van der Waals surface area contributed by atoms with Crippen molar-refractivity contribution in [2.45, 2.75) is 19.3 Å². The van der Waals surface area contributed by atoms with Gasteiger partial charge in [-0.1, -0.05) is 25.4 Å². The molecule has 1 aromatic carbocycles. The summed E-state index contributed by atoms with van der Waals surface area (Å²) in [5, 5.41) is 22.2. The first-order valence-corrected chi connectivity index (χ1v) is 5.13. The van der Waals surface area contributed by atoms with Crippen LogP contribution in [0.4, 0.5) is 0 Å². The van der Waals surface area contributed by atoms with E-state index in [4.69, 9.17) is 11.6 Å². The molecule has 0 amide bonds. The van der Waals surface area contributed by atoms with Gasteiger partial charge in [-0.3, -0.25) is 0 Å². The van der Waals surface area contributed by atoms with E-state index >= 15 is 0 Å². The molecular formula is C11H16ClNO2. The second-order valence-electron chi connectivity index (χ2n) is 4.23. The number of phenolic OH excluding ortho intramolecular Hbond substituents is 2. The van der Waals surface area contributed by atoms with E-state index in [2.05, 4.69) is 5.32 Å². The number of hydrogen-bond acceptors (Lipinski definition) is 3. The fraction of sp³-hybridized carbons (Fsp3) is 0.455. The number of likely N-dealkylation sites (N-methyl/N-ethyl adjacent to an activating group) is 1. The summed E-state index contributed by atoms with van der Waals surface area (Å²) < 4.78 is 0. The molecule has 84 valence electrons. The lowest BCUT2D eigenvalue weighted by Crippen LogP contribution is -2.30. The molecule has 0 saturated carbocycles. The standard InChI is InChI=1S/C11H16ClNO2/c1-11(2,6-13-3)7-4-9(14)10(15)5-8(7)12/h4-5,13-15H,6H2,1-3H3. The highest BCUT2D eigenvalue weighted by molar-refractivity contribution is 6.31. The van der Waals surface area contributed by atoms with Gasteiger partial charge in [0, 0.05) is 23.0 Å². The van der Waals surface area contributed by atoms with Crippen LogP contribution in [0.5, 0.6) is 11.5 Å². The van der Waals surface area contributed by atoms with Gasteiger partial charge in [0.2, 0.25) is 0 Å². The molecule has 0 unspecified atom stereocenters. The molecule has 0 heterocycles. The van der Waals surface area contributed by atoms with Crippen molar-refractivity contribution < 1.29 is 10.2 Å². The van der Waals surface area contributed by atoms with Gasteiger partial charge in [0.05, 0.1) is 0 Å². The molecule has 1 rings (SSSR count). The number of rotatable bonds is 3. The van der Waals surface area contributed by atoms with Crippen LogP contribution in [0.15, 0.2) is 12.1 Å². The highest BCUT2D eigenvalue weighted by Crippen LogP contribution is 2.37. The van der Waals surface area contributed by atoms with Crippen LogP contribution >= 0.6 is 11.6 Å². The zero-order valence-corrected chi connectivity index (χ0v) is 9.89. The highest BCUT2D eigenvalue weighted by Gasteiger charge is 2.24. The summed E-state index contributed by atoms with van der Waals surface area (Å²) in [7, 11) is 1.86. The normalized spacial score (nSPS) is 11.7. The molecule has 0 spiro atoms. The summed E-state index contributed by atoms with van der Waals surface area (Å²) >= 11 is 6.02. The van der Waals surface area contributed by atoms with Crippen LogP contribution in [0.25, 0.3) is 0 Å². The van der Waals surface area contributed by atoms with E-state index in [1.807, 2.05) is 20.9 Å². The van der Waals surface area contributed by atoms with Crippen LogP contribution in [0.2, 0.25) is 5.02 Å². The van der Waals surface area contributed by atoms with Gasteiger partial charge >= 0.3 is 0 Å². The van der Waals surface area contributed by atoms with E-state index in [1.54, 1.807) is 0 Å². The van der Waals surface area contributed by atoms with Gasteiger partial charge in [0.25, 0.3) is 0 Å². The van der Waals surface area contributed by atoms with Crippen LogP contribution in [-0.2, 0) is 5.41 Å². The molecule has 0 aliphatic heterocycles. The predicted octanol–water partition coefficient (Wildman–Crippen LogP) is 2.25. The number of aromatic hydroxyl groups is 2. The highest BCUT2D eigenvalue weighted by atomic mass is 35.5. The van der Waals surface area contributed by atoms with E-state index in [-0.39, 0.29) is 16.9 Å². The van der Waals surface area contributed by atoms with Gasteiger partial charge in [-0.2, -0.15) is 0 Å². The van der Waals surface area contributed by atoms with Crippen molar-refractivity contribution in [1.29, 1.82) is 0 Å². The smallest absolute Gasteiger partial charge is 0.158 e. The zero-order valence-electron chi connectivity index (χ0n) is 9.13. The van der Waals surface area contributed by atoms with Crippen molar-refractivity contribution in [1.82, 2.24) is 5.32 Å². The van der Waals surface area contributed by atoms with Crippen LogP contribution in [-0.4, -0.2) is 23.8 Å². The average molecular weight is 230 g/mol. The molecule has 0 aliphatic carbocycles. The van der Waals surface area contributed by atoms with Crippen LogP contribution in [0.1, 0.15) is 19.4 Å². The Bertz CT molecular complexity index is 364. The largest absolute Gasteiger partial charge is 0.504 e. The first-order valence-electron chi connectivity index (χ1n) is 4.75. The fourth-order valence-corrected chi connectivity index (χ4v) is 2.02. The summed E-state index contributed by atoms with van der Waals surface area (Å²) in [5.74, 6) is -0.331. The zero-order chi connectivity index (χ0) is 11.6. The Morgan fingerprint density at radius 3 is 2.33 bits per heavy atom. The second kappa shape index (κ2) is 4.29. The Hall–Kier alpha value is -0.930. The molecule has 3 N–H and O–H groups in total. The lowest BCUT2D eigenvalue weighted by Gasteiger charge is -2.26. The van der Waals surface area contributed by atoms with Crippen LogP contribution in [0.3, 0.4) is 0 Å². The maximum Gasteiger partial charge on any atom is 0.158 e. The maximum absolute atomic E-state index is 9.43. The third kappa shape index (κ3) is 2.55. The Labute approximate surface area is 94.7 Å². The fourth-order valence-electron chi connectivity index (χ4n) is 1.61. The van der Waals surface area contributed by atoms with Crippen molar-refractivity contribution in [2.75, 3.05) is 13.6 Å². The number of nitrogens with one attached hydrogen (secondary N) is 1. The van der Waals surface area contributed by atoms with Crippen molar-refractivity contribution in [3.63, 3.8) is 0 Å². The lowest BCUT2D eigenvalue weighted by atomic mass is 9.84. The molecular weight excluding hydrogens is 214 g/mol. The van der Waals surface area contributed by atoms with Gasteiger partial charge in [-0.15, -0.1) is 0 Å². The Morgan fingerprint density at radius 1 is 1.27 bits per heavy atom. The molecule has 0 aromatic heterocycles. The number of hydrogen-bond donors (Lipinski definition) is 3. The minimum absolute atomic E-state index is 0.140. The molecule has 4 heteroatoms.